The Morgan fingerprint density at radius 1 is 1.44 bits per heavy atom. The Hall–Kier alpha value is -1.42. The molecule has 1 aromatic rings. The number of pyridine rings is 1. The molecule has 0 aromatic carbocycles. The summed E-state index contributed by atoms with van der Waals surface area (Å²) >= 11 is 0. The molecule has 0 aliphatic carbocycles. The summed E-state index contributed by atoms with van der Waals surface area (Å²) in [6.45, 7) is 5.40. The molecule has 0 unspecified atom stereocenters. The number of aryl methyl sites for hydroxylation is 1. The first-order valence-electron chi connectivity index (χ1n) is 6.66. The summed E-state index contributed by atoms with van der Waals surface area (Å²) in [5, 5.41) is 3.29. The number of nitrogens with zero attached hydrogens (tertiary/aromatic N) is 2. The number of aromatic nitrogens is 1. The molecule has 1 aliphatic heterocycles. The van der Waals surface area contributed by atoms with Crippen LogP contribution in [0.3, 0.4) is 0 Å². The first kappa shape index (κ1) is 13.0. The predicted molar refractivity (Wildman–Crippen MR) is 71.1 cm³/mol. The molecular formula is C14H21N3O. The summed E-state index contributed by atoms with van der Waals surface area (Å²) in [5.41, 5.74) is 2.25. The lowest BCUT2D eigenvalue weighted by atomic mass is 10.2. The van der Waals surface area contributed by atoms with E-state index in [2.05, 4.69) is 23.3 Å². The zero-order valence-electron chi connectivity index (χ0n) is 11.0. The molecule has 1 N–H and O–H groups in total. The molecule has 1 amide bonds. The highest BCUT2D eigenvalue weighted by Crippen LogP contribution is 2.08. The van der Waals surface area contributed by atoms with Gasteiger partial charge in [-0.1, -0.05) is 6.07 Å². The van der Waals surface area contributed by atoms with Crippen LogP contribution in [0.4, 0.5) is 0 Å². The summed E-state index contributed by atoms with van der Waals surface area (Å²) in [5.74, 6) is 0.276. The summed E-state index contributed by atoms with van der Waals surface area (Å²) < 4.78 is 0. The van der Waals surface area contributed by atoms with Crippen molar-refractivity contribution in [3.63, 3.8) is 0 Å². The van der Waals surface area contributed by atoms with E-state index in [1.807, 2.05) is 11.0 Å². The summed E-state index contributed by atoms with van der Waals surface area (Å²) in [7, 11) is 0. The van der Waals surface area contributed by atoms with E-state index in [4.69, 9.17) is 0 Å². The molecule has 0 spiro atoms. The molecule has 1 saturated heterocycles. The van der Waals surface area contributed by atoms with Crippen molar-refractivity contribution in [2.75, 3.05) is 19.6 Å². The van der Waals surface area contributed by atoms with Gasteiger partial charge in [-0.05, 0) is 31.4 Å². The van der Waals surface area contributed by atoms with Crippen LogP contribution >= 0.6 is 0 Å². The molecule has 0 atom stereocenters. The van der Waals surface area contributed by atoms with Gasteiger partial charge >= 0.3 is 0 Å². The molecule has 0 saturated carbocycles. The van der Waals surface area contributed by atoms with Crippen LogP contribution in [0, 0.1) is 6.92 Å². The highest BCUT2D eigenvalue weighted by Gasteiger charge is 2.16. The third-order valence-corrected chi connectivity index (χ3v) is 3.38. The van der Waals surface area contributed by atoms with Gasteiger partial charge in [-0.2, -0.15) is 0 Å². The van der Waals surface area contributed by atoms with E-state index in [9.17, 15) is 4.79 Å². The Bertz CT molecular complexity index is 400. The highest BCUT2D eigenvalue weighted by atomic mass is 16.2. The van der Waals surface area contributed by atoms with Crippen LogP contribution in [0.2, 0.25) is 0 Å². The SMILES string of the molecule is Cc1cccnc1CNCCC(=O)N1CCCC1. The quantitative estimate of drug-likeness (QED) is 0.802. The van der Waals surface area contributed by atoms with E-state index in [0.717, 1.165) is 44.7 Å². The van der Waals surface area contributed by atoms with Crippen molar-refractivity contribution in [1.29, 1.82) is 0 Å². The number of carbonyl (C=O) groups excluding carboxylic acids is 1. The number of hydrogen-bond acceptors (Lipinski definition) is 3. The minimum absolute atomic E-state index is 0.276. The number of rotatable bonds is 5. The third-order valence-electron chi connectivity index (χ3n) is 3.38. The van der Waals surface area contributed by atoms with Crippen molar-refractivity contribution in [2.45, 2.75) is 32.7 Å². The maximum atomic E-state index is 11.8. The molecule has 4 nitrogen and oxygen atoms in total. The van der Waals surface area contributed by atoms with E-state index in [-0.39, 0.29) is 5.91 Å². The van der Waals surface area contributed by atoms with Crippen LogP contribution in [0.15, 0.2) is 18.3 Å². The van der Waals surface area contributed by atoms with Crippen LogP contribution < -0.4 is 5.32 Å². The Labute approximate surface area is 108 Å². The van der Waals surface area contributed by atoms with Gasteiger partial charge in [-0.25, -0.2) is 0 Å². The lowest BCUT2D eigenvalue weighted by Crippen LogP contribution is -2.30. The average molecular weight is 247 g/mol. The highest BCUT2D eigenvalue weighted by molar-refractivity contribution is 5.76. The molecule has 1 fully saturated rings. The summed E-state index contributed by atoms with van der Waals surface area (Å²) in [6, 6.07) is 4.00. The van der Waals surface area contributed by atoms with Crippen molar-refractivity contribution in [3.8, 4) is 0 Å². The Balaban J connectivity index is 1.67. The number of likely N-dealkylation sites (tertiary alicyclic amines) is 1. The van der Waals surface area contributed by atoms with Crippen molar-refractivity contribution in [2.24, 2.45) is 0 Å². The molecular weight excluding hydrogens is 226 g/mol. The number of hydrogen-bond donors (Lipinski definition) is 1. The van der Waals surface area contributed by atoms with Crippen LogP contribution in [0.1, 0.15) is 30.5 Å². The molecule has 2 heterocycles. The summed E-state index contributed by atoms with van der Waals surface area (Å²) in [4.78, 5) is 18.1. The van der Waals surface area contributed by atoms with E-state index >= 15 is 0 Å². The Kier molecular flexibility index (Phi) is 4.70. The van der Waals surface area contributed by atoms with Gasteiger partial charge in [-0.3, -0.25) is 9.78 Å². The number of carbonyl (C=O) groups is 1. The van der Waals surface area contributed by atoms with E-state index in [1.165, 1.54) is 5.56 Å². The van der Waals surface area contributed by atoms with Crippen LogP contribution in [0.25, 0.3) is 0 Å². The largest absolute Gasteiger partial charge is 0.343 e. The van der Waals surface area contributed by atoms with Crippen LogP contribution in [0.5, 0.6) is 0 Å². The van der Waals surface area contributed by atoms with Gasteiger partial charge in [0.05, 0.1) is 5.69 Å². The molecule has 4 heteroatoms. The maximum absolute atomic E-state index is 11.8. The fraction of sp³-hybridized carbons (Fsp3) is 0.571. The molecule has 1 aliphatic rings. The van der Waals surface area contributed by atoms with E-state index < -0.39 is 0 Å². The minimum Gasteiger partial charge on any atom is -0.343 e. The Morgan fingerprint density at radius 3 is 2.94 bits per heavy atom. The minimum atomic E-state index is 0.276. The normalized spacial score (nSPS) is 15.1. The van der Waals surface area contributed by atoms with Gasteiger partial charge in [0.25, 0.3) is 0 Å². The number of amides is 1. The summed E-state index contributed by atoms with van der Waals surface area (Å²) in [6.07, 6.45) is 4.71. The fourth-order valence-electron chi connectivity index (χ4n) is 2.23. The van der Waals surface area contributed by atoms with Crippen molar-refractivity contribution < 1.29 is 4.79 Å². The van der Waals surface area contributed by atoms with Gasteiger partial charge in [0, 0.05) is 38.8 Å². The van der Waals surface area contributed by atoms with Gasteiger partial charge in [-0.15, -0.1) is 0 Å². The van der Waals surface area contributed by atoms with E-state index in [0.29, 0.717) is 6.42 Å². The maximum Gasteiger partial charge on any atom is 0.223 e. The second kappa shape index (κ2) is 6.50. The van der Waals surface area contributed by atoms with E-state index in [1.54, 1.807) is 6.20 Å². The van der Waals surface area contributed by atoms with Gasteiger partial charge in [0.1, 0.15) is 0 Å². The first-order valence-corrected chi connectivity index (χ1v) is 6.66. The van der Waals surface area contributed by atoms with Gasteiger partial charge < -0.3 is 10.2 Å². The second-order valence-corrected chi connectivity index (χ2v) is 4.78. The molecule has 1 aromatic heterocycles. The monoisotopic (exact) mass is 247 g/mol. The fourth-order valence-corrected chi connectivity index (χ4v) is 2.23. The zero-order valence-corrected chi connectivity index (χ0v) is 11.0. The van der Waals surface area contributed by atoms with Crippen molar-refractivity contribution in [3.05, 3.63) is 29.6 Å². The van der Waals surface area contributed by atoms with Crippen molar-refractivity contribution >= 4 is 5.91 Å². The van der Waals surface area contributed by atoms with Crippen LogP contribution in [-0.4, -0.2) is 35.4 Å². The topological polar surface area (TPSA) is 45.2 Å². The predicted octanol–water partition coefficient (Wildman–Crippen LogP) is 1.49. The molecule has 0 radical (unpaired) electrons. The smallest absolute Gasteiger partial charge is 0.223 e. The first-order chi connectivity index (χ1) is 8.77. The van der Waals surface area contributed by atoms with Gasteiger partial charge in [0.15, 0.2) is 0 Å². The second-order valence-electron chi connectivity index (χ2n) is 4.78. The lowest BCUT2D eigenvalue weighted by molar-refractivity contribution is -0.130. The molecule has 0 bridgehead atoms. The zero-order chi connectivity index (χ0) is 12.8. The van der Waals surface area contributed by atoms with Crippen LogP contribution in [-0.2, 0) is 11.3 Å². The van der Waals surface area contributed by atoms with Gasteiger partial charge in [0.2, 0.25) is 5.91 Å². The third kappa shape index (κ3) is 3.53. The Morgan fingerprint density at radius 2 is 2.22 bits per heavy atom. The average Bonchev–Trinajstić information content (AvgIpc) is 2.90. The molecule has 2 rings (SSSR count). The lowest BCUT2D eigenvalue weighted by Gasteiger charge is -2.15. The molecule has 18 heavy (non-hydrogen) atoms. The molecule has 98 valence electrons. The standard InChI is InChI=1S/C14H21N3O/c1-12-5-4-7-16-13(12)11-15-8-6-14(18)17-9-2-3-10-17/h4-5,7,15H,2-3,6,8-11H2,1H3. The van der Waals surface area contributed by atoms with Crippen molar-refractivity contribution in [1.82, 2.24) is 15.2 Å². The number of nitrogens with one attached hydrogen (secondary N) is 1.